The normalized spacial score (nSPS) is 12.5. The van der Waals surface area contributed by atoms with Crippen LogP contribution in [0.4, 0.5) is 0 Å². The first-order valence-corrected chi connectivity index (χ1v) is 5.43. The van der Waals surface area contributed by atoms with E-state index in [9.17, 15) is 4.79 Å². The minimum absolute atomic E-state index is 0.0990. The number of hydrogen-bond donors (Lipinski definition) is 0. The minimum atomic E-state index is 0.0990. The van der Waals surface area contributed by atoms with E-state index in [2.05, 4.69) is 15.9 Å². The quantitative estimate of drug-likeness (QED) is 0.703. The standard InChI is InChI=1S/C10H18BrNO/c1-7(2)12(8(3)4)10(13)9(5)6-11/h6-8H,1-5H3/b9-6+. The van der Waals surface area contributed by atoms with Gasteiger partial charge < -0.3 is 4.90 Å². The van der Waals surface area contributed by atoms with Gasteiger partial charge in [0.15, 0.2) is 0 Å². The van der Waals surface area contributed by atoms with E-state index >= 15 is 0 Å². The zero-order valence-corrected chi connectivity index (χ0v) is 10.6. The Labute approximate surface area is 89.1 Å². The Morgan fingerprint density at radius 2 is 1.62 bits per heavy atom. The molecule has 1 amide bonds. The molecule has 0 aliphatic carbocycles. The highest BCUT2D eigenvalue weighted by molar-refractivity contribution is 9.11. The molecule has 0 saturated carbocycles. The lowest BCUT2D eigenvalue weighted by Gasteiger charge is -2.30. The molecule has 0 fully saturated rings. The summed E-state index contributed by atoms with van der Waals surface area (Å²) < 4.78 is 0. The number of carbonyl (C=O) groups is 1. The Balaban J connectivity index is 4.67. The van der Waals surface area contributed by atoms with Crippen molar-refractivity contribution in [3.63, 3.8) is 0 Å². The van der Waals surface area contributed by atoms with E-state index in [1.54, 1.807) is 4.99 Å². The Bertz CT molecular complexity index is 201. The van der Waals surface area contributed by atoms with Crippen LogP contribution in [0, 0.1) is 0 Å². The van der Waals surface area contributed by atoms with Gasteiger partial charge in [0.1, 0.15) is 0 Å². The SMILES string of the molecule is C/C(=C\Br)C(=O)N(C(C)C)C(C)C. The van der Waals surface area contributed by atoms with Crippen LogP contribution >= 0.6 is 15.9 Å². The Morgan fingerprint density at radius 1 is 1.23 bits per heavy atom. The molecule has 0 saturated heterocycles. The first kappa shape index (κ1) is 12.7. The van der Waals surface area contributed by atoms with E-state index in [-0.39, 0.29) is 18.0 Å². The lowest BCUT2D eigenvalue weighted by Crippen LogP contribution is -2.42. The molecular formula is C10H18BrNO. The number of hydrogen-bond acceptors (Lipinski definition) is 1. The molecule has 2 nitrogen and oxygen atoms in total. The third-order valence-corrected chi connectivity index (χ3v) is 2.53. The van der Waals surface area contributed by atoms with Crippen LogP contribution in [-0.2, 0) is 4.79 Å². The van der Waals surface area contributed by atoms with Crippen LogP contribution in [-0.4, -0.2) is 22.9 Å². The number of amides is 1. The fraction of sp³-hybridized carbons (Fsp3) is 0.700. The molecule has 0 unspecified atom stereocenters. The monoisotopic (exact) mass is 247 g/mol. The van der Waals surface area contributed by atoms with Crippen LogP contribution < -0.4 is 0 Å². The summed E-state index contributed by atoms with van der Waals surface area (Å²) in [7, 11) is 0. The van der Waals surface area contributed by atoms with Gasteiger partial charge in [-0.25, -0.2) is 0 Å². The third kappa shape index (κ3) is 3.51. The van der Waals surface area contributed by atoms with E-state index in [1.165, 1.54) is 0 Å². The van der Waals surface area contributed by atoms with Crippen molar-refractivity contribution >= 4 is 21.8 Å². The maximum Gasteiger partial charge on any atom is 0.250 e. The molecule has 3 heteroatoms. The predicted octanol–water partition coefficient (Wildman–Crippen LogP) is 2.93. The number of nitrogens with zero attached hydrogens (tertiary/aromatic N) is 1. The van der Waals surface area contributed by atoms with Gasteiger partial charge >= 0.3 is 0 Å². The molecule has 0 aromatic heterocycles. The van der Waals surface area contributed by atoms with E-state index in [0.29, 0.717) is 0 Å². The molecule has 0 aliphatic rings. The number of halogens is 1. The van der Waals surface area contributed by atoms with Crippen molar-refractivity contribution in [2.45, 2.75) is 46.7 Å². The van der Waals surface area contributed by atoms with Crippen LogP contribution in [0.5, 0.6) is 0 Å². The molecule has 0 spiro atoms. The van der Waals surface area contributed by atoms with Gasteiger partial charge in [-0.05, 0) is 39.6 Å². The number of rotatable bonds is 3. The summed E-state index contributed by atoms with van der Waals surface area (Å²) >= 11 is 3.17. The second-order valence-electron chi connectivity index (χ2n) is 3.69. The third-order valence-electron chi connectivity index (χ3n) is 1.85. The molecule has 0 heterocycles. The van der Waals surface area contributed by atoms with Crippen LogP contribution in [0.15, 0.2) is 10.6 Å². The lowest BCUT2D eigenvalue weighted by atomic mass is 10.2. The summed E-state index contributed by atoms with van der Waals surface area (Å²) in [6, 6.07) is 0.491. The van der Waals surface area contributed by atoms with E-state index in [0.717, 1.165) is 5.57 Å². The minimum Gasteiger partial charge on any atom is -0.334 e. The molecule has 0 aliphatic heterocycles. The molecule has 0 radical (unpaired) electrons. The molecule has 13 heavy (non-hydrogen) atoms. The summed E-state index contributed by atoms with van der Waals surface area (Å²) in [4.78, 5) is 15.3. The van der Waals surface area contributed by atoms with Gasteiger partial charge in [-0.3, -0.25) is 4.79 Å². The fourth-order valence-electron chi connectivity index (χ4n) is 1.32. The first-order valence-electron chi connectivity index (χ1n) is 4.51. The second kappa shape index (κ2) is 5.43. The van der Waals surface area contributed by atoms with Gasteiger partial charge in [-0.15, -0.1) is 0 Å². The van der Waals surface area contributed by atoms with Crippen molar-refractivity contribution in [2.75, 3.05) is 0 Å². The smallest absolute Gasteiger partial charge is 0.250 e. The van der Waals surface area contributed by atoms with Crippen molar-refractivity contribution in [3.8, 4) is 0 Å². The van der Waals surface area contributed by atoms with Gasteiger partial charge in [0.05, 0.1) is 0 Å². The second-order valence-corrected chi connectivity index (χ2v) is 4.15. The molecule has 0 bridgehead atoms. The molecule has 0 N–H and O–H groups in total. The summed E-state index contributed by atoms with van der Waals surface area (Å²) in [5.41, 5.74) is 0.738. The lowest BCUT2D eigenvalue weighted by molar-refractivity contribution is -0.130. The van der Waals surface area contributed by atoms with Crippen molar-refractivity contribution in [1.82, 2.24) is 4.90 Å². The zero-order valence-electron chi connectivity index (χ0n) is 8.97. The Hall–Kier alpha value is -0.310. The van der Waals surface area contributed by atoms with Crippen molar-refractivity contribution in [1.29, 1.82) is 0 Å². The van der Waals surface area contributed by atoms with Crippen molar-refractivity contribution in [3.05, 3.63) is 10.6 Å². The van der Waals surface area contributed by atoms with Crippen LogP contribution in [0.25, 0.3) is 0 Å². The van der Waals surface area contributed by atoms with Crippen LogP contribution in [0.2, 0.25) is 0 Å². The Kier molecular flexibility index (Phi) is 5.30. The molecule has 0 atom stereocenters. The van der Waals surface area contributed by atoms with Gasteiger partial charge in [-0.2, -0.15) is 0 Å². The first-order chi connectivity index (χ1) is 5.91. The summed E-state index contributed by atoms with van der Waals surface area (Å²) in [5, 5.41) is 0. The zero-order chi connectivity index (χ0) is 10.6. The van der Waals surface area contributed by atoms with Crippen molar-refractivity contribution < 1.29 is 4.79 Å². The molecule has 0 aromatic rings. The summed E-state index contributed by atoms with van der Waals surface area (Å²) in [6.45, 7) is 9.92. The summed E-state index contributed by atoms with van der Waals surface area (Å²) in [5.74, 6) is 0.0990. The highest BCUT2D eigenvalue weighted by atomic mass is 79.9. The maximum absolute atomic E-state index is 11.8. The topological polar surface area (TPSA) is 20.3 Å². The largest absolute Gasteiger partial charge is 0.334 e. The Morgan fingerprint density at radius 3 is 1.85 bits per heavy atom. The highest BCUT2D eigenvalue weighted by Gasteiger charge is 2.20. The summed E-state index contributed by atoms with van der Waals surface area (Å²) in [6.07, 6.45) is 0. The highest BCUT2D eigenvalue weighted by Crippen LogP contribution is 2.11. The van der Waals surface area contributed by atoms with Crippen molar-refractivity contribution in [2.24, 2.45) is 0 Å². The molecular weight excluding hydrogens is 230 g/mol. The molecule has 0 rings (SSSR count). The van der Waals surface area contributed by atoms with Gasteiger partial charge in [0.25, 0.3) is 0 Å². The van der Waals surface area contributed by atoms with Gasteiger partial charge in [0, 0.05) is 17.7 Å². The van der Waals surface area contributed by atoms with Crippen LogP contribution in [0.1, 0.15) is 34.6 Å². The fourth-order valence-corrected chi connectivity index (χ4v) is 1.51. The average Bonchev–Trinajstić information content (AvgIpc) is 2.01. The van der Waals surface area contributed by atoms with Gasteiger partial charge in [-0.1, -0.05) is 15.9 Å². The number of carbonyl (C=O) groups excluding carboxylic acids is 1. The van der Waals surface area contributed by atoms with E-state index in [1.807, 2.05) is 39.5 Å². The molecule has 0 aromatic carbocycles. The molecule has 76 valence electrons. The average molecular weight is 248 g/mol. The maximum atomic E-state index is 11.8. The predicted molar refractivity (Wildman–Crippen MR) is 59.8 cm³/mol. The van der Waals surface area contributed by atoms with Crippen LogP contribution in [0.3, 0.4) is 0 Å². The van der Waals surface area contributed by atoms with Gasteiger partial charge in [0.2, 0.25) is 5.91 Å². The van der Waals surface area contributed by atoms with E-state index < -0.39 is 0 Å². The van der Waals surface area contributed by atoms with E-state index in [4.69, 9.17) is 0 Å².